The van der Waals surface area contributed by atoms with E-state index in [2.05, 4.69) is 0 Å². The molecule has 0 aromatic heterocycles. The maximum absolute atomic E-state index is 13.0. The van der Waals surface area contributed by atoms with Crippen molar-refractivity contribution < 1.29 is 4.39 Å². The average Bonchev–Trinajstić information content (AvgIpc) is 2.79. The highest BCUT2D eigenvalue weighted by atomic mass is 19.1. The fourth-order valence-corrected chi connectivity index (χ4v) is 2.65. The number of halogens is 1. The molecule has 1 nitrogen and oxygen atoms in total. The zero-order valence-electron chi connectivity index (χ0n) is 9.66. The van der Waals surface area contributed by atoms with Crippen molar-refractivity contribution in [1.82, 2.24) is 0 Å². The fraction of sp³-hybridized carbons (Fsp3) is 0.571. The summed E-state index contributed by atoms with van der Waals surface area (Å²) in [5.41, 5.74) is 7.23. The molecular formula is C14H20FN. The van der Waals surface area contributed by atoms with Crippen molar-refractivity contribution in [3.63, 3.8) is 0 Å². The van der Waals surface area contributed by atoms with Gasteiger partial charge in [0.25, 0.3) is 0 Å². The highest BCUT2D eigenvalue weighted by molar-refractivity contribution is 5.16. The van der Waals surface area contributed by atoms with E-state index in [4.69, 9.17) is 5.73 Å². The summed E-state index contributed by atoms with van der Waals surface area (Å²) >= 11 is 0. The van der Waals surface area contributed by atoms with E-state index in [1.54, 1.807) is 12.1 Å². The largest absolute Gasteiger partial charge is 0.327 e. The van der Waals surface area contributed by atoms with Crippen molar-refractivity contribution in [2.24, 2.45) is 11.7 Å². The number of nitrogens with two attached hydrogens (primary N) is 1. The van der Waals surface area contributed by atoms with Gasteiger partial charge in [-0.3, -0.25) is 0 Å². The van der Waals surface area contributed by atoms with E-state index in [9.17, 15) is 4.39 Å². The lowest BCUT2D eigenvalue weighted by molar-refractivity contribution is 0.410. The second-order valence-electron chi connectivity index (χ2n) is 4.88. The molecule has 16 heavy (non-hydrogen) atoms. The molecule has 2 rings (SSSR count). The van der Waals surface area contributed by atoms with Crippen molar-refractivity contribution in [2.45, 2.75) is 44.6 Å². The van der Waals surface area contributed by atoms with Crippen molar-refractivity contribution in [3.8, 4) is 0 Å². The minimum Gasteiger partial charge on any atom is -0.327 e. The lowest BCUT2D eigenvalue weighted by Gasteiger charge is -2.18. The van der Waals surface area contributed by atoms with Crippen LogP contribution in [-0.4, -0.2) is 6.04 Å². The molecule has 1 aliphatic rings. The van der Waals surface area contributed by atoms with E-state index >= 15 is 0 Å². The molecule has 2 heteroatoms. The van der Waals surface area contributed by atoms with Crippen molar-refractivity contribution >= 4 is 0 Å². The van der Waals surface area contributed by atoms with Crippen LogP contribution in [0.25, 0.3) is 0 Å². The number of hydrogen-bond donors (Lipinski definition) is 1. The first-order chi connectivity index (χ1) is 7.75. The Morgan fingerprint density at radius 3 is 2.75 bits per heavy atom. The molecule has 1 saturated carbocycles. The SMILES string of the molecule is NC(CCc1cccc(F)c1)C1CCCC1. The van der Waals surface area contributed by atoms with E-state index in [0.29, 0.717) is 12.0 Å². The topological polar surface area (TPSA) is 26.0 Å². The highest BCUT2D eigenvalue weighted by Crippen LogP contribution is 2.28. The Bertz CT molecular complexity index is 331. The molecule has 0 amide bonds. The molecule has 0 saturated heterocycles. The molecule has 0 spiro atoms. The van der Waals surface area contributed by atoms with Gasteiger partial charge in [0.2, 0.25) is 0 Å². The number of rotatable bonds is 4. The van der Waals surface area contributed by atoms with Gasteiger partial charge in [0, 0.05) is 6.04 Å². The lowest BCUT2D eigenvalue weighted by Crippen LogP contribution is -2.28. The van der Waals surface area contributed by atoms with Gasteiger partial charge in [-0.05, 0) is 49.3 Å². The molecule has 0 heterocycles. The van der Waals surface area contributed by atoms with Crippen LogP contribution in [0, 0.1) is 11.7 Å². The molecule has 1 atom stereocenters. The van der Waals surface area contributed by atoms with Crippen LogP contribution in [0.4, 0.5) is 4.39 Å². The molecule has 1 aromatic carbocycles. The summed E-state index contributed by atoms with van der Waals surface area (Å²) in [5, 5.41) is 0. The molecular weight excluding hydrogens is 201 g/mol. The molecule has 1 unspecified atom stereocenters. The van der Waals surface area contributed by atoms with Gasteiger partial charge in [-0.25, -0.2) is 4.39 Å². The monoisotopic (exact) mass is 221 g/mol. The van der Waals surface area contributed by atoms with Crippen LogP contribution in [0.5, 0.6) is 0 Å². The predicted octanol–water partition coefficient (Wildman–Crippen LogP) is 3.28. The summed E-state index contributed by atoms with van der Waals surface area (Å²) in [7, 11) is 0. The van der Waals surface area contributed by atoms with Crippen LogP contribution in [0.1, 0.15) is 37.7 Å². The molecule has 0 aliphatic heterocycles. The maximum Gasteiger partial charge on any atom is 0.123 e. The second kappa shape index (κ2) is 5.44. The molecule has 0 bridgehead atoms. The number of benzene rings is 1. The standard InChI is InChI=1S/C14H20FN/c15-13-7-3-4-11(10-13)8-9-14(16)12-5-1-2-6-12/h3-4,7,10,12,14H,1-2,5-6,8-9,16H2. The van der Waals surface area contributed by atoms with Gasteiger partial charge in [0.15, 0.2) is 0 Å². The second-order valence-corrected chi connectivity index (χ2v) is 4.88. The number of hydrogen-bond acceptors (Lipinski definition) is 1. The zero-order chi connectivity index (χ0) is 11.4. The van der Waals surface area contributed by atoms with Gasteiger partial charge >= 0.3 is 0 Å². The normalized spacial score (nSPS) is 18.9. The summed E-state index contributed by atoms with van der Waals surface area (Å²) in [6, 6.07) is 7.14. The molecule has 1 aromatic rings. The van der Waals surface area contributed by atoms with E-state index in [-0.39, 0.29) is 5.82 Å². The van der Waals surface area contributed by atoms with Crippen LogP contribution in [0.2, 0.25) is 0 Å². The third-order valence-corrected chi connectivity index (χ3v) is 3.66. The van der Waals surface area contributed by atoms with Gasteiger partial charge in [0.05, 0.1) is 0 Å². The summed E-state index contributed by atoms with van der Waals surface area (Å²) in [4.78, 5) is 0. The highest BCUT2D eigenvalue weighted by Gasteiger charge is 2.21. The Balaban J connectivity index is 1.82. The Kier molecular flexibility index (Phi) is 3.94. The average molecular weight is 221 g/mol. The van der Waals surface area contributed by atoms with Crippen molar-refractivity contribution in [3.05, 3.63) is 35.6 Å². The first kappa shape index (κ1) is 11.6. The van der Waals surface area contributed by atoms with E-state index in [1.165, 1.54) is 31.7 Å². The maximum atomic E-state index is 13.0. The van der Waals surface area contributed by atoms with Crippen LogP contribution in [0.15, 0.2) is 24.3 Å². The van der Waals surface area contributed by atoms with Crippen LogP contribution in [0.3, 0.4) is 0 Å². The van der Waals surface area contributed by atoms with Gasteiger partial charge in [-0.1, -0.05) is 25.0 Å². The minimum absolute atomic E-state index is 0.146. The Hall–Kier alpha value is -0.890. The summed E-state index contributed by atoms with van der Waals surface area (Å²) in [5.74, 6) is 0.556. The lowest BCUT2D eigenvalue weighted by atomic mass is 9.93. The van der Waals surface area contributed by atoms with Crippen LogP contribution < -0.4 is 5.73 Å². The van der Waals surface area contributed by atoms with E-state index < -0.39 is 0 Å². The fourth-order valence-electron chi connectivity index (χ4n) is 2.65. The molecule has 2 N–H and O–H groups in total. The van der Waals surface area contributed by atoms with Crippen LogP contribution in [-0.2, 0) is 6.42 Å². The first-order valence-electron chi connectivity index (χ1n) is 6.26. The van der Waals surface area contributed by atoms with Crippen molar-refractivity contribution in [2.75, 3.05) is 0 Å². The third kappa shape index (κ3) is 3.05. The summed E-state index contributed by atoms with van der Waals surface area (Å²) in [6.45, 7) is 0. The van der Waals surface area contributed by atoms with Gasteiger partial charge in [0.1, 0.15) is 5.82 Å². The zero-order valence-corrected chi connectivity index (χ0v) is 9.66. The Labute approximate surface area is 96.9 Å². The molecule has 88 valence electrons. The molecule has 1 fully saturated rings. The summed E-state index contributed by atoms with van der Waals surface area (Å²) in [6.07, 6.45) is 7.11. The Morgan fingerprint density at radius 2 is 2.06 bits per heavy atom. The summed E-state index contributed by atoms with van der Waals surface area (Å²) < 4.78 is 13.0. The van der Waals surface area contributed by atoms with Crippen LogP contribution >= 0.6 is 0 Å². The predicted molar refractivity (Wildman–Crippen MR) is 64.7 cm³/mol. The number of aryl methyl sites for hydroxylation is 1. The first-order valence-corrected chi connectivity index (χ1v) is 6.26. The van der Waals surface area contributed by atoms with E-state index in [1.807, 2.05) is 6.07 Å². The third-order valence-electron chi connectivity index (χ3n) is 3.66. The smallest absolute Gasteiger partial charge is 0.123 e. The molecule has 0 radical (unpaired) electrons. The Morgan fingerprint density at radius 1 is 1.31 bits per heavy atom. The van der Waals surface area contributed by atoms with Gasteiger partial charge in [-0.15, -0.1) is 0 Å². The minimum atomic E-state index is -0.146. The molecule has 1 aliphatic carbocycles. The van der Waals surface area contributed by atoms with E-state index in [0.717, 1.165) is 18.4 Å². The van der Waals surface area contributed by atoms with Gasteiger partial charge < -0.3 is 5.73 Å². The van der Waals surface area contributed by atoms with Crippen molar-refractivity contribution in [1.29, 1.82) is 0 Å². The van der Waals surface area contributed by atoms with Gasteiger partial charge in [-0.2, -0.15) is 0 Å². The quantitative estimate of drug-likeness (QED) is 0.829.